The highest BCUT2D eigenvalue weighted by atomic mass is 15.3. The van der Waals surface area contributed by atoms with E-state index in [1.807, 2.05) is 6.07 Å². The molecule has 1 aromatic heterocycles. The zero-order valence-corrected chi connectivity index (χ0v) is 11.5. The molecule has 0 bridgehead atoms. The predicted octanol–water partition coefficient (Wildman–Crippen LogP) is 0.501. The molecule has 3 atom stereocenters. The lowest BCUT2D eigenvalue weighted by molar-refractivity contribution is 0.0341. The molecule has 100 valence electrons. The Bertz CT molecular complexity index is 357. The Kier molecular flexibility index (Phi) is 4.27. The van der Waals surface area contributed by atoms with Gasteiger partial charge in [0, 0.05) is 37.9 Å². The fourth-order valence-electron chi connectivity index (χ4n) is 2.65. The molecule has 0 aliphatic carbocycles. The van der Waals surface area contributed by atoms with Crippen LogP contribution in [0.1, 0.15) is 25.6 Å². The molecule has 5 heteroatoms. The van der Waals surface area contributed by atoms with Crippen molar-refractivity contribution in [3.05, 3.63) is 24.3 Å². The summed E-state index contributed by atoms with van der Waals surface area (Å²) in [5.74, 6) is 0. The summed E-state index contributed by atoms with van der Waals surface area (Å²) < 4.78 is 0. The minimum atomic E-state index is 0.201. The van der Waals surface area contributed by atoms with Crippen molar-refractivity contribution < 1.29 is 0 Å². The van der Waals surface area contributed by atoms with Crippen LogP contribution < -0.4 is 5.73 Å². The van der Waals surface area contributed by atoms with E-state index >= 15 is 0 Å². The normalized spacial score (nSPS) is 28.2. The van der Waals surface area contributed by atoms with Crippen molar-refractivity contribution in [2.45, 2.75) is 32.0 Å². The van der Waals surface area contributed by atoms with E-state index in [1.54, 1.807) is 12.5 Å². The summed E-state index contributed by atoms with van der Waals surface area (Å²) in [6.07, 6.45) is 3.38. The molecule has 5 nitrogen and oxygen atoms in total. The van der Waals surface area contributed by atoms with Crippen LogP contribution >= 0.6 is 0 Å². The Balaban J connectivity index is 2.14. The summed E-state index contributed by atoms with van der Waals surface area (Å²) in [7, 11) is 2.19. The van der Waals surface area contributed by atoms with Gasteiger partial charge in [0.05, 0.1) is 11.7 Å². The number of likely N-dealkylation sites (N-methyl/N-ethyl adjacent to an activating group) is 1. The fraction of sp³-hybridized carbons (Fsp3) is 0.692. The molecule has 0 amide bonds. The number of hydrogen-bond acceptors (Lipinski definition) is 5. The third-order valence-corrected chi connectivity index (χ3v) is 4.00. The van der Waals surface area contributed by atoms with Gasteiger partial charge in [-0.1, -0.05) is 0 Å². The monoisotopic (exact) mass is 249 g/mol. The second kappa shape index (κ2) is 5.73. The molecule has 0 radical (unpaired) electrons. The number of piperazine rings is 1. The lowest BCUT2D eigenvalue weighted by atomic mass is 10.0. The number of nitrogens with zero attached hydrogens (tertiary/aromatic N) is 4. The van der Waals surface area contributed by atoms with E-state index in [9.17, 15) is 0 Å². The van der Waals surface area contributed by atoms with Crippen LogP contribution in [0.3, 0.4) is 0 Å². The lowest BCUT2D eigenvalue weighted by Crippen LogP contribution is -2.56. The Labute approximate surface area is 109 Å². The summed E-state index contributed by atoms with van der Waals surface area (Å²) in [5, 5.41) is 0. The average Bonchev–Trinajstić information content (AvgIpc) is 2.38. The van der Waals surface area contributed by atoms with Gasteiger partial charge in [-0.15, -0.1) is 0 Å². The van der Waals surface area contributed by atoms with Crippen molar-refractivity contribution in [3.63, 3.8) is 0 Å². The standard InChI is InChI=1S/C13H23N5/c1-10-7-18(8-11(2)17(10)3)13(6-14)12-4-5-15-9-16-12/h4-5,9-11,13H,6-8,14H2,1-3H3. The maximum Gasteiger partial charge on any atom is 0.115 e. The molecule has 3 unspecified atom stereocenters. The van der Waals surface area contributed by atoms with E-state index in [4.69, 9.17) is 5.73 Å². The average molecular weight is 249 g/mol. The van der Waals surface area contributed by atoms with Crippen molar-refractivity contribution in [1.29, 1.82) is 0 Å². The highest BCUT2D eigenvalue weighted by Gasteiger charge is 2.31. The van der Waals surface area contributed by atoms with Gasteiger partial charge < -0.3 is 5.73 Å². The van der Waals surface area contributed by atoms with E-state index in [1.165, 1.54) is 0 Å². The maximum absolute atomic E-state index is 5.95. The molecule has 0 spiro atoms. The SMILES string of the molecule is CC1CN(C(CN)c2ccncn2)CC(C)N1C. The van der Waals surface area contributed by atoms with Gasteiger partial charge in [0.15, 0.2) is 0 Å². The largest absolute Gasteiger partial charge is 0.329 e. The zero-order valence-electron chi connectivity index (χ0n) is 11.5. The van der Waals surface area contributed by atoms with Crippen molar-refractivity contribution in [3.8, 4) is 0 Å². The van der Waals surface area contributed by atoms with E-state index in [2.05, 4.69) is 40.7 Å². The van der Waals surface area contributed by atoms with Crippen molar-refractivity contribution in [2.24, 2.45) is 5.73 Å². The second-order valence-corrected chi connectivity index (χ2v) is 5.20. The fourth-order valence-corrected chi connectivity index (χ4v) is 2.65. The van der Waals surface area contributed by atoms with Crippen LogP contribution in [-0.2, 0) is 0 Å². The van der Waals surface area contributed by atoms with Gasteiger partial charge in [-0.05, 0) is 27.0 Å². The Morgan fingerprint density at radius 3 is 2.56 bits per heavy atom. The smallest absolute Gasteiger partial charge is 0.115 e. The van der Waals surface area contributed by atoms with Gasteiger partial charge in [0.1, 0.15) is 6.33 Å². The molecule has 2 rings (SSSR count). The molecule has 1 aliphatic heterocycles. The van der Waals surface area contributed by atoms with E-state index < -0.39 is 0 Å². The van der Waals surface area contributed by atoms with Crippen LogP contribution in [-0.4, -0.2) is 58.5 Å². The molecule has 1 aromatic rings. The zero-order chi connectivity index (χ0) is 13.1. The van der Waals surface area contributed by atoms with E-state index in [0.717, 1.165) is 18.8 Å². The van der Waals surface area contributed by atoms with E-state index in [-0.39, 0.29) is 6.04 Å². The summed E-state index contributed by atoms with van der Waals surface area (Å²) >= 11 is 0. The van der Waals surface area contributed by atoms with Gasteiger partial charge in [-0.25, -0.2) is 9.97 Å². The van der Waals surface area contributed by atoms with Gasteiger partial charge in [0.25, 0.3) is 0 Å². The highest BCUT2D eigenvalue weighted by Crippen LogP contribution is 2.23. The second-order valence-electron chi connectivity index (χ2n) is 5.20. The van der Waals surface area contributed by atoms with Gasteiger partial charge in [-0.3, -0.25) is 9.80 Å². The number of hydrogen-bond donors (Lipinski definition) is 1. The Hall–Kier alpha value is -1.04. The highest BCUT2D eigenvalue weighted by molar-refractivity contribution is 5.07. The van der Waals surface area contributed by atoms with Crippen LogP contribution in [0.5, 0.6) is 0 Å². The van der Waals surface area contributed by atoms with Crippen LogP contribution in [0.25, 0.3) is 0 Å². The quantitative estimate of drug-likeness (QED) is 0.845. The lowest BCUT2D eigenvalue weighted by Gasteiger charge is -2.45. The molecule has 1 fully saturated rings. The Morgan fingerprint density at radius 1 is 1.39 bits per heavy atom. The summed E-state index contributed by atoms with van der Waals surface area (Å²) in [6, 6.07) is 3.26. The summed E-state index contributed by atoms with van der Waals surface area (Å²) in [5.41, 5.74) is 6.97. The first-order chi connectivity index (χ1) is 8.63. The van der Waals surface area contributed by atoms with Crippen LogP contribution in [0, 0.1) is 0 Å². The van der Waals surface area contributed by atoms with Gasteiger partial charge in [0.2, 0.25) is 0 Å². The summed E-state index contributed by atoms with van der Waals surface area (Å²) in [4.78, 5) is 13.2. The molecule has 2 N–H and O–H groups in total. The predicted molar refractivity (Wildman–Crippen MR) is 72.1 cm³/mol. The van der Waals surface area contributed by atoms with Crippen molar-refractivity contribution in [2.75, 3.05) is 26.7 Å². The number of nitrogens with two attached hydrogens (primary N) is 1. The van der Waals surface area contributed by atoms with E-state index in [0.29, 0.717) is 18.6 Å². The maximum atomic E-state index is 5.95. The minimum absolute atomic E-state index is 0.201. The molecule has 1 aliphatic rings. The number of aromatic nitrogens is 2. The first kappa shape index (κ1) is 13.4. The molecular weight excluding hydrogens is 226 g/mol. The van der Waals surface area contributed by atoms with Gasteiger partial charge >= 0.3 is 0 Å². The molecule has 1 saturated heterocycles. The third kappa shape index (κ3) is 2.68. The van der Waals surface area contributed by atoms with Crippen LogP contribution in [0.4, 0.5) is 0 Å². The topological polar surface area (TPSA) is 58.3 Å². The first-order valence-corrected chi connectivity index (χ1v) is 6.55. The van der Waals surface area contributed by atoms with Gasteiger partial charge in [-0.2, -0.15) is 0 Å². The molecule has 0 saturated carbocycles. The molecule has 0 aromatic carbocycles. The summed E-state index contributed by atoms with van der Waals surface area (Å²) in [6.45, 7) is 7.19. The first-order valence-electron chi connectivity index (χ1n) is 6.55. The third-order valence-electron chi connectivity index (χ3n) is 4.00. The minimum Gasteiger partial charge on any atom is -0.329 e. The number of rotatable bonds is 3. The molecule has 2 heterocycles. The van der Waals surface area contributed by atoms with Crippen molar-refractivity contribution in [1.82, 2.24) is 19.8 Å². The molecule has 18 heavy (non-hydrogen) atoms. The van der Waals surface area contributed by atoms with Crippen LogP contribution in [0.15, 0.2) is 18.6 Å². The van der Waals surface area contributed by atoms with Crippen LogP contribution in [0.2, 0.25) is 0 Å². The van der Waals surface area contributed by atoms with Crippen molar-refractivity contribution >= 4 is 0 Å². The molecular formula is C13H23N5. The Morgan fingerprint density at radius 2 is 2.06 bits per heavy atom.